The monoisotopic (exact) mass is 224 g/mol. The predicted octanol–water partition coefficient (Wildman–Crippen LogP) is 1.61. The standard InChI is InChI=1S/C12H16O4/c1-4-16-12(15)11(14)9-6-7(2)5-8(3)10(9)13/h5-6,11,13-14H,4H2,1-3H3. The lowest BCUT2D eigenvalue weighted by atomic mass is 10.0. The molecular weight excluding hydrogens is 208 g/mol. The molecule has 16 heavy (non-hydrogen) atoms. The normalized spacial score (nSPS) is 12.2. The van der Waals surface area contributed by atoms with Gasteiger partial charge in [0.2, 0.25) is 0 Å². The lowest BCUT2D eigenvalue weighted by Crippen LogP contribution is -2.15. The van der Waals surface area contributed by atoms with Gasteiger partial charge in [-0.25, -0.2) is 4.79 Å². The summed E-state index contributed by atoms with van der Waals surface area (Å²) < 4.78 is 4.69. The number of hydrogen-bond donors (Lipinski definition) is 2. The molecule has 0 heterocycles. The first-order chi connectivity index (χ1) is 7.47. The molecule has 1 unspecified atom stereocenters. The van der Waals surface area contributed by atoms with Gasteiger partial charge in [-0.15, -0.1) is 0 Å². The maximum Gasteiger partial charge on any atom is 0.339 e. The Morgan fingerprint density at radius 1 is 1.44 bits per heavy atom. The van der Waals surface area contributed by atoms with Crippen molar-refractivity contribution in [3.05, 3.63) is 28.8 Å². The molecule has 0 radical (unpaired) electrons. The minimum absolute atomic E-state index is 0.0637. The Labute approximate surface area is 94.5 Å². The summed E-state index contributed by atoms with van der Waals surface area (Å²) in [6, 6.07) is 3.35. The van der Waals surface area contributed by atoms with Crippen LogP contribution in [0.15, 0.2) is 12.1 Å². The number of carbonyl (C=O) groups is 1. The number of aromatic hydroxyl groups is 1. The van der Waals surface area contributed by atoms with Crippen molar-refractivity contribution in [2.24, 2.45) is 0 Å². The largest absolute Gasteiger partial charge is 0.507 e. The molecule has 1 atom stereocenters. The second-order valence-corrected chi connectivity index (χ2v) is 3.67. The number of aliphatic hydroxyl groups is 1. The van der Waals surface area contributed by atoms with E-state index in [1.807, 2.05) is 6.92 Å². The van der Waals surface area contributed by atoms with Crippen LogP contribution >= 0.6 is 0 Å². The minimum Gasteiger partial charge on any atom is -0.507 e. The lowest BCUT2D eigenvalue weighted by Gasteiger charge is -2.13. The second-order valence-electron chi connectivity index (χ2n) is 3.67. The summed E-state index contributed by atoms with van der Waals surface area (Å²) in [5.41, 5.74) is 1.68. The summed E-state index contributed by atoms with van der Waals surface area (Å²) in [6.45, 7) is 5.39. The molecule has 0 aliphatic heterocycles. The van der Waals surface area contributed by atoms with Gasteiger partial charge in [0.1, 0.15) is 5.75 Å². The van der Waals surface area contributed by atoms with Crippen molar-refractivity contribution in [1.82, 2.24) is 0 Å². The molecule has 0 aliphatic rings. The van der Waals surface area contributed by atoms with Crippen molar-refractivity contribution in [3.8, 4) is 5.75 Å². The van der Waals surface area contributed by atoms with Crippen LogP contribution in [0.2, 0.25) is 0 Å². The average molecular weight is 224 g/mol. The van der Waals surface area contributed by atoms with Crippen molar-refractivity contribution < 1.29 is 19.7 Å². The number of phenolic OH excluding ortho intramolecular Hbond substituents is 1. The molecule has 1 aromatic rings. The van der Waals surface area contributed by atoms with Crippen molar-refractivity contribution >= 4 is 5.97 Å². The summed E-state index contributed by atoms with van der Waals surface area (Å²) >= 11 is 0. The number of ether oxygens (including phenoxy) is 1. The molecule has 0 bridgehead atoms. The molecule has 0 amide bonds. The lowest BCUT2D eigenvalue weighted by molar-refractivity contribution is -0.153. The van der Waals surface area contributed by atoms with Gasteiger partial charge in [-0.05, 0) is 32.4 Å². The molecule has 1 aromatic carbocycles. The quantitative estimate of drug-likeness (QED) is 0.765. The van der Waals surface area contributed by atoms with Crippen LogP contribution in [0.3, 0.4) is 0 Å². The zero-order valence-corrected chi connectivity index (χ0v) is 9.65. The summed E-state index contributed by atoms with van der Waals surface area (Å²) in [6.07, 6.45) is -1.43. The highest BCUT2D eigenvalue weighted by Gasteiger charge is 2.22. The van der Waals surface area contributed by atoms with Crippen LogP contribution in [0, 0.1) is 13.8 Å². The van der Waals surface area contributed by atoms with Gasteiger partial charge < -0.3 is 14.9 Å². The van der Waals surface area contributed by atoms with Crippen molar-refractivity contribution in [3.63, 3.8) is 0 Å². The van der Waals surface area contributed by atoms with E-state index in [-0.39, 0.29) is 17.9 Å². The topological polar surface area (TPSA) is 66.8 Å². The van der Waals surface area contributed by atoms with Gasteiger partial charge >= 0.3 is 5.97 Å². The van der Waals surface area contributed by atoms with Gasteiger partial charge in [0.15, 0.2) is 6.10 Å². The summed E-state index contributed by atoms with van der Waals surface area (Å²) in [5.74, 6) is -0.811. The Morgan fingerprint density at radius 3 is 2.62 bits per heavy atom. The van der Waals surface area contributed by atoms with Gasteiger partial charge in [-0.3, -0.25) is 0 Å². The molecule has 4 nitrogen and oxygen atoms in total. The van der Waals surface area contributed by atoms with Crippen LogP contribution in [-0.2, 0) is 9.53 Å². The Kier molecular flexibility index (Phi) is 3.90. The van der Waals surface area contributed by atoms with Crippen LogP contribution in [0.1, 0.15) is 29.7 Å². The van der Waals surface area contributed by atoms with Crippen LogP contribution in [-0.4, -0.2) is 22.8 Å². The van der Waals surface area contributed by atoms with Crippen LogP contribution < -0.4 is 0 Å². The predicted molar refractivity (Wildman–Crippen MR) is 59.2 cm³/mol. The van der Waals surface area contributed by atoms with E-state index in [0.717, 1.165) is 5.56 Å². The van der Waals surface area contributed by atoms with Gasteiger partial charge in [0.25, 0.3) is 0 Å². The number of aliphatic hydroxyl groups excluding tert-OH is 1. The maximum atomic E-state index is 11.3. The number of hydrogen-bond acceptors (Lipinski definition) is 4. The van der Waals surface area contributed by atoms with E-state index < -0.39 is 12.1 Å². The Bertz CT molecular complexity index is 398. The highest BCUT2D eigenvalue weighted by molar-refractivity contribution is 5.77. The molecule has 88 valence electrons. The summed E-state index contributed by atoms with van der Waals surface area (Å²) in [7, 11) is 0. The first-order valence-electron chi connectivity index (χ1n) is 5.12. The summed E-state index contributed by atoms with van der Waals surface area (Å²) in [4.78, 5) is 11.3. The fourth-order valence-electron chi connectivity index (χ4n) is 1.55. The third-order valence-corrected chi connectivity index (χ3v) is 2.28. The maximum absolute atomic E-state index is 11.3. The molecule has 2 N–H and O–H groups in total. The zero-order chi connectivity index (χ0) is 12.3. The first-order valence-corrected chi connectivity index (χ1v) is 5.12. The number of rotatable bonds is 3. The second kappa shape index (κ2) is 4.99. The Morgan fingerprint density at radius 2 is 2.06 bits per heavy atom. The number of esters is 1. The SMILES string of the molecule is CCOC(=O)C(O)c1cc(C)cc(C)c1O. The number of aryl methyl sites for hydroxylation is 2. The van der Waals surface area contributed by atoms with E-state index in [4.69, 9.17) is 4.74 Å². The number of benzene rings is 1. The Hall–Kier alpha value is -1.55. The smallest absolute Gasteiger partial charge is 0.339 e. The minimum atomic E-state index is -1.43. The van der Waals surface area contributed by atoms with Gasteiger partial charge in [-0.1, -0.05) is 11.6 Å². The average Bonchev–Trinajstić information content (AvgIpc) is 2.22. The third-order valence-electron chi connectivity index (χ3n) is 2.28. The van der Waals surface area contributed by atoms with Gasteiger partial charge in [0, 0.05) is 5.56 Å². The molecule has 0 aromatic heterocycles. The van der Waals surface area contributed by atoms with E-state index in [1.54, 1.807) is 26.0 Å². The zero-order valence-electron chi connectivity index (χ0n) is 9.65. The summed E-state index contributed by atoms with van der Waals surface area (Å²) in [5, 5.41) is 19.5. The highest BCUT2D eigenvalue weighted by atomic mass is 16.5. The van der Waals surface area contributed by atoms with Crippen molar-refractivity contribution in [1.29, 1.82) is 0 Å². The van der Waals surface area contributed by atoms with E-state index >= 15 is 0 Å². The number of phenols is 1. The van der Waals surface area contributed by atoms with E-state index in [9.17, 15) is 15.0 Å². The molecular formula is C12H16O4. The van der Waals surface area contributed by atoms with Gasteiger partial charge in [-0.2, -0.15) is 0 Å². The molecule has 0 fully saturated rings. The first kappa shape index (κ1) is 12.5. The van der Waals surface area contributed by atoms with E-state index in [2.05, 4.69) is 0 Å². The fourth-order valence-corrected chi connectivity index (χ4v) is 1.55. The Balaban J connectivity index is 3.08. The van der Waals surface area contributed by atoms with Crippen LogP contribution in [0.4, 0.5) is 0 Å². The number of carbonyl (C=O) groups excluding carboxylic acids is 1. The molecule has 0 spiro atoms. The molecule has 0 aliphatic carbocycles. The molecule has 0 saturated carbocycles. The van der Waals surface area contributed by atoms with E-state index in [0.29, 0.717) is 5.56 Å². The van der Waals surface area contributed by atoms with Crippen LogP contribution in [0.5, 0.6) is 5.75 Å². The van der Waals surface area contributed by atoms with Crippen LogP contribution in [0.25, 0.3) is 0 Å². The highest BCUT2D eigenvalue weighted by Crippen LogP contribution is 2.29. The molecule has 4 heteroatoms. The van der Waals surface area contributed by atoms with E-state index in [1.165, 1.54) is 0 Å². The van der Waals surface area contributed by atoms with Crippen molar-refractivity contribution in [2.75, 3.05) is 6.61 Å². The molecule has 0 saturated heterocycles. The molecule has 1 rings (SSSR count). The third kappa shape index (κ3) is 2.52. The fraction of sp³-hybridized carbons (Fsp3) is 0.417. The van der Waals surface area contributed by atoms with Gasteiger partial charge in [0.05, 0.1) is 6.61 Å². The van der Waals surface area contributed by atoms with Crippen molar-refractivity contribution in [2.45, 2.75) is 26.9 Å².